The van der Waals surface area contributed by atoms with E-state index in [1.54, 1.807) is 12.2 Å². The van der Waals surface area contributed by atoms with Crippen molar-refractivity contribution in [1.29, 1.82) is 0 Å². The van der Waals surface area contributed by atoms with Gasteiger partial charge in [0.25, 0.3) is 0 Å². The van der Waals surface area contributed by atoms with E-state index in [1.165, 1.54) is 0 Å². The molecule has 0 bridgehead atoms. The van der Waals surface area contributed by atoms with Crippen LogP contribution in [0.25, 0.3) is 0 Å². The van der Waals surface area contributed by atoms with Crippen LogP contribution in [0.5, 0.6) is 0 Å². The van der Waals surface area contributed by atoms with Crippen LogP contribution in [-0.4, -0.2) is 11.2 Å². The molecule has 0 aromatic rings. The zero-order valence-corrected chi connectivity index (χ0v) is 5.88. The molecule has 52 valence electrons. The summed E-state index contributed by atoms with van der Waals surface area (Å²) in [6.45, 7) is 9.07. The van der Waals surface area contributed by atoms with Crippen molar-refractivity contribution in [2.75, 3.05) is 0 Å². The van der Waals surface area contributed by atoms with Crippen LogP contribution >= 0.6 is 0 Å². The highest BCUT2D eigenvalue weighted by molar-refractivity contribution is 4.95. The third-order valence-electron chi connectivity index (χ3n) is 1.41. The van der Waals surface area contributed by atoms with Gasteiger partial charge in [0.1, 0.15) is 0 Å². The van der Waals surface area contributed by atoms with E-state index in [9.17, 15) is 5.11 Å². The standard InChI is InChI=1S/C8H14O/c1-4-7(5-2)8(9)6-3/h4-5,7-9H,1-2,6H2,3H3. The van der Waals surface area contributed by atoms with E-state index >= 15 is 0 Å². The average molecular weight is 126 g/mol. The maximum atomic E-state index is 9.18. The minimum atomic E-state index is -0.306. The first kappa shape index (κ1) is 8.44. The molecular weight excluding hydrogens is 112 g/mol. The summed E-state index contributed by atoms with van der Waals surface area (Å²) in [5.41, 5.74) is 0. The third-order valence-corrected chi connectivity index (χ3v) is 1.41. The molecule has 0 aliphatic rings. The Balaban J connectivity index is 3.77. The Bertz CT molecular complexity index is 88.7. The molecule has 0 amide bonds. The summed E-state index contributed by atoms with van der Waals surface area (Å²) in [5.74, 6) is 0.0509. The van der Waals surface area contributed by atoms with Gasteiger partial charge >= 0.3 is 0 Å². The largest absolute Gasteiger partial charge is 0.392 e. The second-order valence-electron chi connectivity index (χ2n) is 2.02. The van der Waals surface area contributed by atoms with Crippen LogP contribution in [0.4, 0.5) is 0 Å². The Morgan fingerprint density at radius 3 is 2.00 bits per heavy atom. The van der Waals surface area contributed by atoms with Gasteiger partial charge in [-0.05, 0) is 6.42 Å². The number of hydrogen-bond acceptors (Lipinski definition) is 1. The van der Waals surface area contributed by atoms with Crippen molar-refractivity contribution in [3.05, 3.63) is 25.3 Å². The van der Waals surface area contributed by atoms with E-state index in [2.05, 4.69) is 13.2 Å². The van der Waals surface area contributed by atoms with Gasteiger partial charge in [-0.25, -0.2) is 0 Å². The summed E-state index contributed by atoms with van der Waals surface area (Å²) in [6.07, 6.45) is 3.87. The van der Waals surface area contributed by atoms with E-state index in [0.29, 0.717) is 0 Å². The first-order valence-electron chi connectivity index (χ1n) is 3.19. The van der Waals surface area contributed by atoms with Gasteiger partial charge in [-0.3, -0.25) is 0 Å². The normalized spacial score (nSPS) is 13.2. The maximum absolute atomic E-state index is 9.18. The van der Waals surface area contributed by atoms with Crippen LogP contribution in [0.1, 0.15) is 13.3 Å². The van der Waals surface area contributed by atoms with Gasteiger partial charge in [0.05, 0.1) is 6.10 Å². The highest BCUT2D eigenvalue weighted by atomic mass is 16.3. The van der Waals surface area contributed by atoms with E-state index in [-0.39, 0.29) is 12.0 Å². The first-order chi connectivity index (χ1) is 4.26. The molecule has 0 aromatic heterocycles. The second-order valence-corrected chi connectivity index (χ2v) is 2.02. The van der Waals surface area contributed by atoms with Crippen LogP contribution in [0, 0.1) is 5.92 Å². The number of hydrogen-bond donors (Lipinski definition) is 1. The molecule has 1 N–H and O–H groups in total. The van der Waals surface area contributed by atoms with Gasteiger partial charge in [0, 0.05) is 5.92 Å². The smallest absolute Gasteiger partial charge is 0.0634 e. The van der Waals surface area contributed by atoms with Gasteiger partial charge in [-0.15, -0.1) is 13.2 Å². The lowest BCUT2D eigenvalue weighted by Gasteiger charge is -2.12. The highest BCUT2D eigenvalue weighted by Gasteiger charge is 2.07. The molecule has 1 unspecified atom stereocenters. The SMILES string of the molecule is C=CC(C=C)C(O)CC. The number of rotatable bonds is 4. The van der Waals surface area contributed by atoms with E-state index in [4.69, 9.17) is 0 Å². The van der Waals surface area contributed by atoms with Crippen LogP contribution in [0.2, 0.25) is 0 Å². The third kappa shape index (κ3) is 2.47. The molecule has 1 heteroatoms. The van der Waals surface area contributed by atoms with Crippen molar-refractivity contribution in [3.8, 4) is 0 Å². The van der Waals surface area contributed by atoms with E-state index < -0.39 is 0 Å². The van der Waals surface area contributed by atoms with Crippen molar-refractivity contribution < 1.29 is 5.11 Å². The predicted octanol–water partition coefficient (Wildman–Crippen LogP) is 1.75. The zero-order valence-electron chi connectivity index (χ0n) is 5.88. The van der Waals surface area contributed by atoms with Gasteiger partial charge in [-0.2, -0.15) is 0 Å². The summed E-state index contributed by atoms with van der Waals surface area (Å²) in [4.78, 5) is 0. The zero-order chi connectivity index (χ0) is 7.28. The molecule has 9 heavy (non-hydrogen) atoms. The van der Waals surface area contributed by atoms with Crippen molar-refractivity contribution in [3.63, 3.8) is 0 Å². The summed E-state index contributed by atoms with van der Waals surface area (Å²) < 4.78 is 0. The topological polar surface area (TPSA) is 20.2 Å². The Hall–Kier alpha value is -0.560. The molecule has 0 aromatic carbocycles. The summed E-state index contributed by atoms with van der Waals surface area (Å²) in [7, 11) is 0. The van der Waals surface area contributed by atoms with Crippen molar-refractivity contribution in [1.82, 2.24) is 0 Å². The molecule has 0 saturated carbocycles. The fourth-order valence-corrected chi connectivity index (χ4v) is 0.683. The Labute approximate surface area is 56.7 Å². The predicted molar refractivity (Wildman–Crippen MR) is 40.2 cm³/mol. The lowest BCUT2D eigenvalue weighted by molar-refractivity contribution is 0.145. The Kier molecular flexibility index (Phi) is 4.06. The molecular formula is C8H14O. The lowest BCUT2D eigenvalue weighted by atomic mass is 10.0. The quantitative estimate of drug-likeness (QED) is 0.569. The molecule has 0 saturated heterocycles. The average Bonchev–Trinajstić information content (AvgIpc) is 1.90. The fraction of sp³-hybridized carbons (Fsp3) is 0.500. The van der Waals surface area contributed by atoms with Crippen molar-refractivity contribution in [2.45, 2.75) is 19.4 Å². The first-order valence-corrected chi connectivity index (χ1v) is 3.19. The molecule has 0 radical (unpaired) electrons. The molecule has 1 nitrogen and oxygen atoms in total. The molecule has 0 fully saturated rings. The molecule has 0 heterocycles. The van der Waals surface area contributed by atoms with Gasteiger partial charge in [-0.1, -0.05) is 19.1 Å². The fourth-order valence-electron chi connectivity index (χ4n) is 0.683. The van der Waals surface area contributed by atoms with E-state index in [1.807, 2.05) is 6.92 Å². The summed E-state index contributed by atoms with van der Waals surface area (Å²) in [6, 6.07) is 0. The summed E-state index contributed by atoms with van der Waals surface area (Å²) >= 11 is 0. The summed E-state index contributed by atoms with van der Waals surface area (Å²) in [5, 5.41) is 9.18. The van der Waals surface area contributed by atoms with Crippen LogP contribution < -0.4 is 0 Å². The molecule has 0 aliphatic heterocycles. The minimum Gasteiger partial charge on any atom is -0.392 e. The van der Waals surface area contributed by atoms with E-state index in [0.717, 1.165) is 6.42 Å². The van der Waals surface area contributed by atoms with Gasteiger partial charge in [0.15, 0.2) is 0 Å². The monoisotopic (exact) mass is 126 g/mol. The molecule has 0 aliphatic carbocycles. The number of aliphatic hydroxyl groups excluding tert-OH is 1. The Morgan fingerprint density at radius 1 is 1.44 bits per heavy atom. The second kappa shape index (κ2) is 4.33. The van der Waals surface area contributed by atoms with Crippen molar-refractivity contribution >= 4 is 0 Å². The van der Waals surface area contributed by atoms with Crippen LogP contribution in [0.3, 0.4) is 0 Å². The van der Waals surface area contributed by atoms with Crippen molar-refractivity contribution in [2.24, 2.45) is 5.92 Å². The molecule has 0 spiro atoms. The molecule has 1 atom stereocenters. The molecule has 0 rings (SSSR count). The number of aliphatic hydroxyl groups is 1. The Morgan fingerprint density at radius 2 is 1.89 bits per heavy atom. The maximum Gasteiger partial charge on any atom is 0.0634 e. The highest BCUT2D eigenvalue weighted by Crippen LogP contribution is 2.08. The minimum absolute atomic E-state index is 0.0509. The van der Waals surface area contributed by atoms with Crippen LogP contribution in [0.15, 0.2) is 25.3 Å². The lowest BCUT2D eigenvalue weighted by Crippen LogP contribution is -2.14. The van der Waals surface area contributed by atoms with Crippen LogP contribution in [-0.2, 0) is 0 Å². The van der Waals surface area contributed by atoms with Gasteiger partial charge in [0.2, 0.25) is 0 Å². The van der Waals surface area contributed by atoms with Gasteiger partial charge < -0.3 is 5.11 Å².